The smallest absolute Gasteiger partial charge is 0.208 e. The van der Waals surface area contributed by atoms with Crippen molar-refractivity contribution in [3.63, 3.8) is 0 Å². The summed E-state index contributed by atoms with van der Waals surface area (Å²) < 4.78 is 5.24. The number of benzene rings is 2. The summed E-state index contributed by atoms with van der Waals surface area (Å²) in [6.07, 6.45) is 0. The van der Waals surface area contributed by atoms with Gasteiger partial charge < -0.3 is 29.9 Å². The Morgan fingerprint density at radius 3 is 2.20 bits per heavy atom. The molecule has 0 aliphatic carbocycles. The summed E-state index contributed by atoms with van der Waals surface area (Å²) in [6.45, 7) is 0. The van der Waals surface area contributed by atoms with E-state index in [1.54, 1.807) is 0 Å². The quantitative estimate of drug-likeness (QED) is 0.238. The minimum absolute atomic E-state index is 0.0417. The molecule has 7 heteroatoms. The first kappa shape index (κ1) is 12.0. The number of aromatic hydroxyl groups is 5. The van der Waals surface area contributed by atoms with Gasteiger partial charge in [0.1, 0.15) is 16.7 Å². The third-order valence-electron chi connectivity index (χ3n) is 3.00. The summed E-state index contributed by atoms with van der Waals surface area (Å²) in [5.74, 6) is -3.97. The minimum atomic E-state index is -1.03. The van der Waals surface area contributed by atoms with Crippen molar-refractivity contribution in [2.45, 2.75) is 0 Å². The zero-order chi connectivity index (χ0) is 14.6. The Morgan fingerprint density at radius 2 is 1.50 bits per heavy atom. The number of phenols is 5. The zero-order valence-electron chi connectivity index (χ0n) is 9.78. The molecule has 0 amide bonds. The van der Waals surface area contributed by atoms with Crippen LogP contribution >= 0.6 is 0 Å². The van der Waals surface area contributed by atoms with Crippen LogP contribution in [0.5, 0.6) is 28.7 Å². The molecule has 0 radical (unpaired) electrons. The maximum absolute atomic E-state index is 12.2. The minimum Gasteiger partial charge on any atom is -0.508 e. The average molecular weight is 276 g/mol. The lowest BCUT2D eigenvalue weighted by Crippen LogP contribution is -2.02. The van der Waals surface area contributed by atoms with Crippen LogP contribution in [0.15, 0.2) is 27.4 Å². The molecule has 0 saturated carbocycles. The molecule has 2 aromatic carbocycles. The van der Waals surface area contributed by atoms with Crippen LogP contribution in [-0.2, 0) is 0 Å². The number of hydrogen-bond donors (Lipinski definition) is 5. The lowest BCUT2D eigenvalue weighted by atomic mass is 10.1. The highest BCUT2D eigenvalue weighted by atomic mass is 16.4. The Morgan fingerprint density at radius 1 is 0.850 bits per heavy atom. The highest BCUT2D eigenvalue weighted by Crippen LogP contribution is 2.48. The van der Waals surface area contributed by atoms with E-state index < -0.39 is 39.4 Å². The fraction of sp³-hybridized carbons (Fsp3) is 0. The average Bonchev–Trinajstić information content (AvgIpc) is 2.43. The molecule has 0 unspecified atom stereocenters. The van der Waals surface area contributed by atoms with Crippen molar-refractivity contribution in [1.82, 2.24) is 0 Å². The molecule has 5 N–H and O–H groups in total. The molecular formula is C13H8O7. The van der Waals surface area contributed by atoms with E-state index in [2.05, 4.69) is 0 Å². The Balaban J connectivity index is 2.68. The Hall–Kier alpha value is -3.09. The number of phenolic OH excluding ortho intramolecular Hbond substituents is 5. The Kier molecular flexibility index (Phi) is 2.22. The number of fused-ring (bicyclic) bond motifs is 2. The molecule has 1 heterocycles. The maximum atomic E-state index is 12.2. The van der Waals surface area contributed by atoms with Gasteiger partial charge in [-0.15, -0.1) is 0 Å². The predicted molar refractivity (Wildman–Crippen MR) is 68.3 cm³/mol. The summed E-state index contributed by atoms with van der Waals surface area (Å²) in [5, 5.41) is 47.1. The molecule has 0 spiro atoms. The molecule has 3 rings (SSSR count). The molecule has 0 aliphatic rings. The van der Waals surface area contributed by atoms with E-state index in [9.17, 15) is 30.3 Å². The number of hydrogen-bond acceptors (Lipinski definition) is 7. The fourth-order valence-corrected chi connectivity index (χ4v) is 2.02. The summed E-state index contributed by atoms with van der Waals surface area (Å²) in [7, 11) is 0. The van der Waals surface area contributed by atoms with Gasteiger partial charge in [-0.25, -0.2) is 0 Å². The second-order valence-corrected chi connectivity index (χ2v) is 4.21. The maximum Gasteiger partial charge on any atom is 0.208 e. The molecule has 3 aromatic rings. The lowest BCUT2D eigenvalue weighted by molar-refractivity contribution is 0.347. The third kappa shape index (κ3) is 1.37. The topological polar surface area (TPSA) is 131 Å². The molecule has 0 bridgehead atoms. The van der Waals surface area contributed by atoms with Gasteiger partial charge in [0.05, 0.1) is 5.39 Å². The molecule has 20 heavy (non-hydrogen) atoms. The Bertz CT molecular complexity index is 924. The largest absolute Gasteiger partial charge is 0.508 e. The van der Waals surface area contributed by atoms with E-state index in [1.807, 2.05) is 0 Å². The second kappa shape index (κ2) is 3.70. The van der Waals surface area contributed by atoms with Gasteiger partial charge in [-0.3, -0.25) is 4.79 Å². The number of rotatable bonds is 0. The highest BCUT2D eigenvalue weighted by Gasteiger charge is 2.23. The highest BCUT2D eigenvalue weighted by molar-refractivity contribution is 5.99. The van der Waals surface area contributed by atoms with E-state index >= 15 is 0 Å². The van der Waals surface area contributed by atoms with Gasteiger partial charge in [-0.05, 0) is 18.2 Å². The van der Waals surface area contributed by atoms with Crippen LogP contribution in [0.1, 0.15) is 0 Å². The van der Waals surface area contributed by atoms with E-state index in [1.165, 1.54) is 12.1 Å². The first-order chi connectivity index (χ1) is 9.41. The van der Waals surface area contributed by atoms with E-state index in [4.69, 9.17) is 4.42 Å². The van der Waals surface area contributed by atoms with Gasteiger partial charge in [-0.2, -0.15) is 0 Å². The van der Waals surface area contributed by atoms with Crippen LogP contribution in [-0.4, -0.2) is 25.5 Å². The van der Waals surface area contributed by atoms with Crippen molar-refractivity contribution in [3.05, 3.63) is 28.4 Å². The first-order valence-corrected chi connectivity index (χ1v) is 5.47. The molecule has 0 aliphatic heterocycles. The van der Waals surface area contributed by atoms with Gasteiger partial charge in [0, 0.05) is 0 Å². The van der Waals surface area contributed by atoms with Gasteiger partial charge in [-0.1, -0.05) is 0 Å². The van der Waals surface area contributed by atoms with Crippen LogP contribution in [0.25, 0.3) is 21.9 Å². The predicted octanol–water partition coefficient (Wildman–Crippen LogP) is 1.47. The van der Waals surface area contributed by atoms with Crippen molar-refractivity contribution < 1.29 is 29.9 Å². The molecule has 0 fully saturated rings. The van der Waals surface area contributed by atoms with Crippen LogP contribution in [0.3, 0.4) is 0 Å². The SMILES string of the molecule is O=c1c2cc(O)ccc2oc2c(O)c(O)c(O)c(O)c12. The van der Waals surface area contributed by atoms with Gasteiger partial charge in [0.15, 0.2) is 11.3 Å². The summed E-state index contributed by atoms with van der Waals surface area (Å²) >= 11 is 0. The van der Waals surface area contributed by atoms with Crippen molar-refractivity contribution >= 4 is 21.9 Å². The molecule has 0 atom stereocenters. The van der Waals surface area contributed by atoms with Crippen molar-refractivity contribution in [2.24, 2.45) is 0 Å². The van der Waals surface area contributed by atoms with E-state index in [-0.39, 0.29) is 16.7 Å². The molecular weight excluding hydrogens is 268 g/mol. The standard InChI is InChI=1S/C13H8O7/c14-4-1-2-6-5(3-4)8(15)7-9(16)10(17)11(18)12(19)13(7)20-6/h1-3,14,16-19H. The van der Waals surface area contributed by atoms with Gasteiger partial charge >= 0.3 is 0 Å². The first-order valence-electron chi connectivity index (χ1n) is 5.47. The fourth-order valence-electron chi connectivity index (χ4n) is 2.02. The van der Waals surface area contributed by atoms with Crippen LogP contribution in [0.4, 0.5) is 0 Å². The van der Waals surface area contributed by atoms with E-state index in [0.717, 1.165) is 6.07 Å². The normalized spacial score (nSPS) is 11.2. The summed E-state index contributed by atoms with van der Waals surface area (Å²) in [4.78, 5) is 12.2. The summed E-state index contributed by atoms with van der Waals surface area (Å²) in [5.41, 5.74) is -1.18. The van der Waals surface area contributed by atoms with Crippen LogP contribution in [0.2, 0.25) is 0 Å². The second-order valence-electron chi connectivity index (χ2n) is 4.21. The van der Waals surface area contributed by atoms with Crippen molar-refractivity contribution in [3.8, 4) is 28.7 Å². The molecule has 0 saturated heterocycles. The van der Waals surface area contributed by atoms with Gasteiger partial charge in [0.2, 0.25) is 22.7 Å². The van der Waals surface area contributed by atoms with Crippen LogP contribution < -0.4 is 5.43 Å². The summed E-state index contributed by atoms with van der Waals surface area (Å²) in [6, 6.07) is 3.70. The van der Waals surface area contributed by atoms with Gasteiger partial charge in [0.25, 0.3) is 0 Å². The zero-order valence-corrected chi connectivity index (χ0v) is 9.78. The molecule has 7 nitrogen and oxygen atoms in total. The van der Waals surface area contributed by atoms with Crippen LogP contribution in [0, 0.1) is 0 Å². The molecule has 1 aromatic heterocycles. The van der Waals surface area contributed by atoms with Crippen molar-refractivity contribution in [2.75, 3.05) is 0 Å². The van der Waals surface area contributed by atoms with E-state index in [0.29, 0.717) is 0 Å². The third-order valence-corrected chi connectivity index (χ3v) is 3.00. The lowest BCUT2D eigenvalue weighted by Gasteiger charge is -2.08. The monoisotopic (exact) mass is 276 g/mol. The van der Waals surface area contributed by atoms with Crippen molar-refractivity contribution in [1.29, 1.82) is 0 Å². The molecule has 102 valence electrons. The Labute approximate surface area is 110 Å².